The summed E-state index contributed by atoms with van der Waals surface area (Å²) in [6.07, 6.45) is 1.56. The number of benzene rings is 1. The molecule has 0 bridgehead atoms. The summed E-state index contributed by atoms with van der Waals surface area (Å²) in [5.74, 6) is 0.714. The van der Waals surface area contributed by atoms with Crippen molar-refractivity contribution in [2.75, 3.05) is 13.1 Å². The third-order valence-corrected chi connectivity index (χ3v) is 4.31. The van der Waals surface area contributed by atoms with Crippen molar-refractivity contribution < 1.29 is 9.53 Å². The molecule has 122 valence electrons. The Hall–Kier alpha value is -1.55. The Morgan fingerprint density at radius 1 is 1.18 bits per heavy atom. The minimum atomic E-state index is -0.467. The summed E-state index contributed by atoms with van der Waals surface area (Å²) in [7, 11) is 0. The van der Waals surface area contributed by atoms with Gasteiger partial charge in [-0.15, -0.1) is 0 Å². The fourth-order valence-electron chi connectivity index (χ4n) is 2.75. The van der Waals surface area contributed by atoms with E-state index in [1.165, 1.54) is 5.56 Å². The van der Waals surface area contributed by atoms with Crippen LogP contribution in [0.5, 0.6) is 5.75 Å². The second-order valence-corrected chi connectivity index (χ2v) is 6.49. The minimum absolute atomic E-state index is 0.0245. The van der Waals surface area contributed by atoms with Crippen molar-refractivity contribution in [3.63, 3.8) is 0 Å². The quantitative estimate of drug-likeness (QED) is 0.909. The molecule has 1 atom stereocenters. The zero-order valence-corrected chi connectivity index (χ0v) is 14.1. The van der Waals surface area contributed by atoms with Crippen LogP contribution in [0.3, 0.4) is 0 Å². The first-order chi connectivity index (χ1) is 10.5. The predicted octanol–water partition coefficient (Wildman–Crippen LogP) is 2.75. The number of hydrogen-bond acceptors (Lipinski definition) is 3. The van der Waals surface area contributed by atoms with E-state index in [4.69, 9.17) is 4.74 Å². The number of hydrogen-bond donors (Lipinski definition) is 1. The van der Waals surface area contributed by atoms with Crippen molar-refractivity contribution >= 4 is 5.91 Å². The van der Waals surface area contributed by atoms with E-state index in [1.807, 2.05) is 31.2 Å². The lowest BCUT2D eigenvalue weighted by Gasteiger charge is -2.35. The Bertz CT molecular complexity index is 476. The lowest BCUT2D eigenvalue weighted by Crippen LogP contribution is -2.49. The van der Waals surface area contributed by atoms with Crippen molar-refractivity contribution in [1.29, 1.82) is 0 Å². The van der Waals surface area contributed by atoms with Gasteiger partial charge in [-0.2, -0.15) is 0 Å². The minimum Gasteiger partial charge on any atom is -0.481 e. The second-order valence-electron chi connectivity index (χ2n) is 6.49. The van der Waals surface area contributed by atoms with Crippen molar-refractivity contribution in [3.05, 3.63) is 29.8 Å². The molecule has 1 amide bonds. The van der Waals surface area contributed by atoms with Gasteiger partial charge in [-0.1, -0.05) is 17.7 Å². The SMILES string of the molecule is Cc1ccc(O[C@H](C)C(=O)NC2CCN(C(C)C)CC2)cc1. The van der Waals surface area contributed by atoms with Gasteiger partial charge in [0.15, 0.2) is 6.10 Å². The second kappa shape index (κ2) is 7.63. The molecule has 0 saturated carbocycles. The molecule has 1 aliphatic heterocycles. The first-order valence-electron chi connectivity index (χ1n) is 8.23. The molecule has 2 rings (SSSR count). The van der Waals surface area contributed by atoms with E-state index in [1.54, 1.807) is 6.92 Å². The molecule has 4 heteroatoms. The summed E-state index contributed by atoms with van der Waals surface area (Å²) in [6.45, 7) is 10.4. The van der Waals surface area contributed by atoms with Crippen LogP contribution in [0.4, 0.5) is 0 Å². The van der Waals surface area contributed by atoms with Crippen LogP contribution in [0.2, 0.25) is 0 Å². The Morgan fingerprint density at radius 2 is 1.77 bits per heavy atom. The molecule has 1 aromatic rings. The van der Waals surface area contributed by atoms with E-state index in [9.17, 15) is 4.79 Å². The summed E-state index contributed by atoms with van der Waals surface area (Å²) in [5, 5.41) is 3.12. The number of nitrogens with zero attached hydrogens (tertiary/aromatic N) is 1. The van der Waals surface area contributed by atoms with Gasteiger partial charge in [-0.05, 0) is 52.7 Å². The number of nitrogens with one attached hydrogen (secondary N) is 1. The van der Waals surface area contributed by atoms with Crippen LogP contribution in [0.1, 0.15) is 39.2 Å². The van der Waals surface area contributed by atoms with Gasteiger partial charge in [0, 0.05) is 25.2 Å². The maximum absolute atomic E-state index is 12.2. The largest absolute Gasteiger partial charge is 0.481 e. The van der Waals surface area contributed by atoms with Gasteiger partial charge in [-0.3, -0.25) is 4.79 Å². The molecule has 1 N–H and O–H groups in total. The number of likely N-dealkylation sites (tertiary alicyclic amines) is 1. The molecule has 1 aliphatic rings. The highest BCUT2D eigenvalue weighted by Gasteiger charge is 2.24. The first kappa shape index (κ1) is 16.8. The Balaban J connectivity index is 1.78. The number of carbonyl (C=O) groups is 1. The van der Waals surface area contributed by atoms with Gasteiger partial charge < -0.3 is 15.0 Å². The number of aryl methyl sites for hydroxylation is 1. The summed E-state index contributed by atoms with van der Waals surface area (Å²) in [4.78, 5) is 14.7. The highest BCUT2D eigenvalue weighted by molar-refractivity contribution is 5.81. The number of ether oxygens (including phenoxy) is 1. The van der Waals surface area contributed by atoms with Crippen LogP contribution in [0, 0.1) is 6.92 Å². The molecule has 0 unspecified atom stereocenters. The fraction of sp³-hybridized carbons (Fsp3) is 0.611. The summed E-state index contributed by atoms with van der Waals surface area (Å²) in [5.41, 5.74) is 1.18. The van der Waals surface area contributed by atoms with Gasteiger partial charge in [0.05, 0.1) is 0 Å². The van der Waals surface area contributed by atoms with Gasteiger partial charge in [0.1, 0.15) is 5.75 Å². The molecule has 4 nitrogen and oxygen atoms in total. The maximum Gasteiger partial charge on any atom is 0.260 e. The zero-order chi connectivity index (χ0) is 16.1. The zero-order valence-electron chi connectivity index (χ0n) is 14.1. The molecule has 1 heterocycles. The number of rotatable bonds is 5. The standard InChI is InChI=1S/C18H28N2O2/c1-13(2)20-11-9-16(10-12-20)19-18(21)15(4)22-17-7-5-14(3)6-8-17/h5-8,13,15-16H,9-12H2,1-4H3,(H,19,21)/t15-/m1/s1. The van der Waals surface area contributed by atoms with Gasteiger partial charge in [-0.25, -0.2) is 0 Å². The van der Waals surface area contributed by atoms with Crippen LogP contribution in [0.15, 0.2) is 24.3 Å². The monoisotopic (exact) mass is 304 g/mol. The average molecular weight is 304 g/mol. The molecule has 0 radical (unpaired) electrons. The molecule has 0 aliphatic carbocycles. The van der Waals surface area contributed by atoms with Gasteiger partial charge >= 0.3 is 0 Å². The molecular formula is C18H28N2O2. The Labute approximate surface area is 133 Å². The Kier molecular flexibility index (Phi) is 5.83. The van der Waals surface area contributed by atoms with E-state index in [-0.39, 0.29) is 11.9 Å². The molecule has 1 fully saturated rings. The Morgan fingerprint density at radius 3 is 2.32 bits per heavy atom. The van der Waals surface area contributed by atoms with Gasteiger partial charge in [0.25, 0.3) is 5.91 Å². The average Bonchev–Trinajstić information content (AvgIpc) is 2.50. The lowest BCUT2D eigenvalue weighted by molar-refractivity contribution is -0.128. The van der Waals surface area contributed by atoms with E-state index in [0.717, 1.165) is 31.7 Å². The highest BCUT2D eigenvalue weighted by Crippen LogP contribution is 2.15. The van der Waals surface area contributed by atoms with Crippen molar-refractivity contribution in [2.24, 2.45) is 0 Å². The lowest BCUT2D eigenvalue weighted by atomic mass is 10.0. The smallest absolute Gasteiger partial charge is 0.260 e. The van der Waals surface area contributed by atoms with Crippen LogP contribution < -0.4 is 10.1 Å². The molecular weight excluding hydrogens is 276 g/mol. The molecule has 0 spiro atoms. The maximum atomic E-state index is 12.2. The fourth-order valence-corrected chi connectivity index (χ4v) is 2.75. The van der Waals surface area contributed by atoms with Crippen molar-refractivity contribution in [3.8, 4) is 5.75 Å². The first-order valence-corrected chi connectivity index (χ1v) is 8.23. The van der Waals surface area contributed by atoms with E-state index >= 15 is 0 Å². The van der Waals surface area contributed by atoms with E-state index < -0.39 is 6.10 Å². The van der Waals surface area contributed by atoms with Crippen LogP contribution in [0.25, 0.3) is 0 Å². The molecule has 22 heavy (non-hydrogen) atoms. The number of piperidine rings is 1. The van der Waals surface area contributed by atoms with E-state index in [2.05, 4.69) is 24.1 Å². The van der Waals surface area contributed by atoms with Gasteiger partial charge in [0.2, 0.25) is 0 Å². The van der Waals surface area contributed by atoms with E-state index in [0.29, 0.717) is 6.04 Å². The third-order valence-electron chi connectivity index (χ3n) is 4.31. The third kappa shape index (κ3) is 4.73. The topological polar surface area (TPSA) is 41.6 Å². The highest BCUT2D eigenvalue weighted by atomic mass is 16.5. The van der Waals surface area contributed by atoms with Crippen LogP contribution in [-0.2, 0) is 4.79 Å². The normalized spacial score (nSPS) is 18.2. The summed E-state index contributed by atoms with van der Waals surface area (Å²) >= 11 is 0. The molecule has 1 saturated heterocycles. The van der Waals surface area contributed by atoms with Crippen molar-refractivity contribution in [1.82, 2.24) is 10.2 Å². The number of amides is 1. The summed E-state index contributed by atoms with van der Waals surface area (Å²) in [6, 6.07) is 8.64. The molecule has 1 aromatic carbocycles. The van der Waals surface area contributed by atoms with Crippen LogP contribution >= 0.6 is 0 Å². The summed E-state index contributed by atoms with van der Waals surface area (Å²) < 4.78 is 5.71. The van der Waals surface area contributed by atoms with Crippen molar-refractivity contribution in [2.45, 2.75) is 58.7 Å². The number of carbonyl (C=O) groups excluding carboxylic acids is 1. The van der Waals surface area contributed by atoms with Crippen LogP contribution in [-0.4, -0.2) is 42.1 Å². The molecule has 0 aromatic heterocycles. The predicted molar refractivity (Wildman–Crippen MR) is 89.1 cm³/mol.